The summed E-state index contributed by atoms with van der Waals surface area (Å²) >= 11 is 0. The molecule has 0 unspecified atom stereocenters. The molecule has 0 saturated carbocycles. The van der Waals surface area contributed by atoms with Gasteiger partial charge in [-0.25, -0.2) is 17.5 Å². The summed E-state index contributed by atoms with van der Waals surface area (Å²) in [5, 5.41) is 0. The van der Waals surface area contributed by atoms with Crippen LogP contribution in [-0.2, 0) is 19.6 Å². The average molecular weight is 401 g/mol. The van der Waals surface area contributed by atoms with Crippen LogP contribution in [-0.4, -0.2) is 44.4 Å². The molecule has 0 radical (unpaired) electrons. The van der Waals surface area contributed by atoms with E-state index in [1.165, 1.54) is 18.2 Å². The van der Waals surface area contributed by atoms with Crippen LogP contribution < -0.4 is 4.74 Å². The molecule has 1 aliphatic rings. The lowest BCUT2D eigenvalue weighted by atomic mass is 10.2. The van der Waals surface area contributed by atoms with Gasteiger partial charge in [0.2, 0.25) is 0 Å². The van der Waals surface area contributed by atoms with Gasteiger partial charge in [-0.15, -0.1) is 0 Å². The molecule has 0 atom stereocenters. The third-order valence-electron chi connectivity index (χ3n) is 4.07. The molecule has 0 aliphatic carbocycles. The van der Waals surface area contributed by atoms with Crippen molar-refractivity contribution in [1.29, 1.82) is 0 Å². The van der Waals surface area contributed by atoms with E-state index in [1.54, 1.807) is 30.3 Å². The highest BCUT2D eigenvalue weighted by molar-refractivity contribution is 7.90. The first-order valence-electron chi connectivity index (χ1n) is 8.68. The molecule has 3 rings (SSSR count). The molecule has 0 spiro atoms. The summed E-state index contributed by atoms with van der Waals surface area (Å²) in [7, 11) is -3.90. The zero-order valence-electron chi connectivity index (χ0n) is 15.2. The van der Waals surface area contributed by atoms with Gasteiger partial charge in [-0.05, 0) is 31.2 Å². The van der Waals surface area contributed by atoms with Gasteiger partial charge in [0.05, 0.1) is 18.7 Å². The lowest BCUT2D eigenvalue weighted by Gasteiger charge is -2.14. The second-order valence-electron chi connectivity index (χ2n) is 5.85. The van der Waals surface area contributed by atoms with Gasteiger partial charge in [-0.3, -0.25) is 4.79 Å². The number of sulfonamides is 1. The Kier molecular flexibility index (Phi) is 5.79. The maximum atomic E-state index is 12.4. The van der Waals surface area contributed by atoms with E-state index in [0.717, 1.165) is 4.31 Å². The quantitative estimate of drug-likeness (QED) is 0.523. The molecule has 2 aromatic rings. The summed E-state index contributed by atoms with van der Waals surface area (Å²) in [5.41, 5.74) is 0.843. The minimum atomic E-state index is -3.90. The van der Waals surface area contributed by atoms with Crippen molar-refractivity contribution >= 4 is 28.0 Å². The fourth-order valence-electron chi connectivity index (χ4n) is 2.79. The van der Waals surface area contributed by atoms with E-state index >= 15 is 0 Å². The second kappa shape index (κ2) is 8.26. The molecule has 8 heteroatoms. The number of carbonyl (C=O) groups is 2. The van der Waals surface area contributed by atoms with Crippen LogP contribution in [0.2, 0.25) is 0 Å². The predicted molar refractivity (Wildman–Crippen MR) is 102 cm³/mol. The Morgan fingerprint density at radius 2 is 1.82 bits per heavy atom. The minimum absolute atomic E-state index is 0.0289. The first-order valence-corrected chi connectivity index (χ1v) is 10.1. The fourth-order valence-corrected chi connectivity index (χ4v) is 4.35. The molecule has 0 bridgehead atoms. The predicted octanol–water partition coefficient (Wildman–Crippen LogP) is 2.49. The van der Waals surface area contributed by atoms with Gasteiger partial charge in [0.25, 0.3) is 15.9 Å². The number of carbonyl (C=O) groups excluding carboxylic acids is 2. The van der Waals surface area contributed by atoms with Crippen molar-refractivity contribution in [3.05, 3.63) is 65.7 Å². The summed E-state index contributed by atoms with van der Waals surface area (Å²) in [6.07, 6.45) is 2.79. The normalized spacial score (nSPS) is 14.9. The Morgan fingerprint density at radius 3 is 2.57 bits per heavy atom. The summed E-state index contributed by atoms with van der Waals surface area (Å²) in [5.74, 6) is -0.624. The number of rotatable bonds is 7. The van der Waals surface area contributed by atoms with Crippen molar-refractivity contribution in [2.75, 3.05) is 19.8 Å². The van der Waals surface area contributed by atoms with Gasteiger partial charge >= 0.3 is 5.97 Å². The molecule has 7 nitrogen and oxygen atoms in total. The van der Waals surface area contributed by atoms with Crippen molar-refractivity contribution in [2.45, 2.75) is 11.8 Å². The van der Waals surface area contributed by atoms with Crippen molar-refractivity contribution in [3.8, 4) is 5.75 Å². The minimum Gasteiger partial charge on any atom is -0.493 e. The molecule has 1 amide bonds. The van der Waals surface area contributed by atoms with Crippen molar-refractivity contribution in [1.82, 2.24) is 4.31 Å². The fraction of sp³-hybridized carbons (Fsp3) is 0.200. The van der Waals surface area contributed by atoms with Crippen LogP contribution >= 0.6 is 0 Å². The van der Waals surface area contributed by atoms with Crippen LogP contribution in [0.1, 0.15) is 22.8 Å². The highest BCUT2D eigenvalue weighted by atomic mass is 32.2. The molecule has 0 fully saturated rings. The Morgan fingerprint density at radius 1 is 1.11 bits per heavy atom. The lowest BCUT2D eigenvalue weighted by Crippen LogP contribution is -2.33. The Labute approximate surface area is 163 Å². The van der Waals surface area contributed by atoms with Crippen LogP contribution in [0.3, 0.4) is 0 Å². The van der Waals surface area contributed by atoms with Gasteiger partial charge in [0.1, 0.15) is 17.3 Å². The largest absolute Gasteiger partial charge is 0.493 e. The summed E-state index contributed by atoms with van der Waals surface area (Å²) in [6.45, 7) is 1.87. The maximum Gasteiger partial charge on any atom is 0.330 e. The number of esters is 1. The highest BCUT2D eigenvalue weighted by Crippen LogP contribution is 2.29. The van der Waals surface area contributed by atoms with Crippen LogP contribution in [0.5, 0.6) is 5.75 Å². The van der Waals surface area contributed by atoms with E-state index in [1.807, 2.05) is 19.1 Å². The number of para-hydroxylation sites is 1. The average Bonchev–Trinajstić information content (AvgIpc) is 2.88. The van der Waals surface area contributed by atoms with E-state index in [9.17, 15) is 18.0 Å². The van der Waals surface area contributed by atoms with Crippen LogP contribution in [0.4, 0.5) is 0 Å². The van der Waals surface area contributed by atoms with Crippen LogP contribution in [0, 0.1) is 0 Å². The zero-order valence-corrected chi connectivity index (χ0v) is 16.0. The van der Waals surface area contributed by atoms with E-state index < -0.39 is 21.9 Å². The monoisotopic (exact) mass is 401 g/mol. The van der Waals surface area contributed by atoms with Gasteiger partial charge in [0.15, 0.2) is 0 Å². The first-order chi connectivity index (χ1) is 13.4. The number of nitrogens with zero attached hydrogens (tertiary/aromatic N) is 1. The Balaban J connectivity index is 1.59. The molecule has 1 heterocycles. The molecule has 146 valence electrons. The van der Waals surface area contributed by atoms with E-state index in [-0.39, 0.29) is 23.6 Å². The van der Waals surface area contributed by atoms with Crippen molar-refractivity contribution in [2.24, 2.45) is 0 Å². The SMILES string of the molecule is CCOc1ccccc1/C=C/C(=O)OCCN1C(=O)c2ccccc2S1(=O)=O. The maximum absolute atomic E-state index is 12.4. The molecular weight excluding hydrogens is 382 g/mol. The number of ether oxygens (including phenoxy) is 2. The van der Waals surface area contributed by atoms with Gasteiger partial charge in [0, 0.05) is 11.6 Å². The van der Waals surface area contributed by atoms with Crippen LogP contribution in [0.15, 0.2) is 59.5 Å². The number of hydrogen-bond acceptors (Lipinski definition) is 6. The van der Waals surface area contributed by atoms with E-state index in [0.29, 0.717) is 17.9 Å². The van der Waals surface area contributed by atoms with Crippen molar-refractivity contribution in [3.63, 3.8) is 0 Å². The first kappa shape index (κ1) is 19.6. The van der Waals surface area contributed by atoms with Crippen molar-refractivity contribution < 1.29 is 27.5 Å². The van der Waals surface area contributed by atoms with Gasteiger partial charge in [-0.2, -0.15) is 0 Å². The number of amides is 1. The smallest absolute Gasteiger partial charge is 0.330 e. The summed E-state index contributed by atoms with van der Waals surface area (Å²) in [6, 6.07) is 13.2. The van der Waals surface area contributed by atoms with E-state index in [4.69, 9.17) is 9.47 Å². The summed E-state index contributed by atoms with van der Waals surface area (Å²) in [4.78, 5) is 24.2. The second-order valence-corrected chi connectivity index (χ2v) is 7.68. The summed E-state index contributed by atoms with van der Waals surface area (Å²) < 4.78 is 36.1. The molecule has 0 N–H and O–H groups in total. The third-order valence-corrected chi connectivity index (χ3v) is 5.91. The zero-order chi connectivity index (χ0) is 20.1. The molecule has 2 aromatic carbocycles. The molecular formula is C20H19NO6S. The standard InChI is InChI=1S/C20H19NO6S/c1-2-26-17-9-5-3-7-15(17)11-12-19(22)27-14-13-21-20(23)16-8-4-6-10-18(16)28(21,24)25/h3-12H,2,13-14H2,1H3/b12-11+. The van der Waals surface area contributed by atoms with Gasteiger partial charge < -0.3 is 9.47 Å². The lowest BCUT2D eigenvalue weighted by molar-refractivity contribution is -0.137. The molecule has 1 aliphatic heterocycles. The third kappa shape index (κ3) is 3.91. The van der Waals surface area contributed by atoms with Crippen LogP contribution in [0.25, 0.3) is 6.08 Å². The number of benzene rings is 2. The highest BCUT2D eigenvalue weighted by Gasteiger charge is 2.40. The Bertz CT molecular complexity index is 1030. The molecule has 0 saturated heterocycles. The van der Waals surface area contributed by atoms with Gasteiger partial charge in [-0.1, -0.05) is 30.3 Å². The number of hydrogen-bond donors (Lipinski definition) is 0. The van der Waals surface area contributed by atoms with E-state index in [2.05, 4.69) is 0 Å². The Hall–Kier alpha value is -3.13. The topological polar surface area (TPSA) is 90.0 Å². The number of fused-ring (bicyclic) bond motifs is 1. The molecule has 0 aromatic heterocycles. The molecule has 28 heavy (non-hydrogen) atoms.